The van der Waals surface area contributed by atoms with Gasteiger partial charge in [0.2, 0.25) is 0 Å². The molecule has 88 valence electrons. The van der Waals surface area contributed by atoms with Gasteiger partial charge in [0.15, 0.2) is 0 Å². The van der Waals surface area contributed by atoms with Crippen LogP contribution in [0.3, 0.4) is 0 Å². The van der Waals surface area contributed by atoms with Crippen molar-refractivity contribution in [3.8, 4) is 0 Å². The Hall–Kier alpha value is -1.69. The van der Waals surface area contributed by atoms with Crippen LogP contribution in [-0.2, 0) is 6.54 Å². The smallest absolute Gasteiger partial charge is 0.252 e. The molecule has 0 saturated heterocycles. The van der Waals surface area contributed by atoms with Crippen LogP contribution in [0.15, 0.2) is 29.0 Å². The summed E-state index contributed by atoms with van der Waals surface area (Å²) in [4.78, 5) is 15.8. The van der Waals surface area contributed by atoms with Crippen molar-refractivity contribution in [3.05, 3.63) is 46.0 Å². The lowest BCUT2D eigenvalue weighted by molar-refractivity contribution is 0.0949. The fourth-order valence-electron chi connectivity index (χ4n) is 1.40. The lowest BCUT2D eigenvalue weighted by Gasteiger charge is -2.07. The van der Waals surface area contributed by atoms with Gasteiger partial charge < -0.3 is 5.32 Å². The molecule has 2 N–H and O–H groups in total. The predicted molar refractivity (Wildman–Crippen MR) is 66.4 cm³/mol. The first-order valence-corrected chi connectivity index (χ1v) is 5.85. The molecular weight excluding hydrogens is 284 g/mol. The molecule has 0 fully saturated rings. The van der Waals surface area contributed by atoms with Crippen molar-refractivity contribution in [1.29, 1.82) is 0 Å². The van der Waals surface area contributed by atoms with E-state index in [4.69, 9.17) is 0 Å². The van der Waals surface area contributed by atoms with E-state index >= 15 is 0 Å². The zero-order valence-corrected chi connectivity index (χ0v) is 10.8. The second-order valence-corrected chi connectivity index (χ2v) is 4.34. The number of H-pyrrole nitrogens is 1. The third-order valence-electron chi connectivity index (χ3n) is 2.32. The number of aromatic amines is 1. The summed E-state index contributed by atoms with van der Waals surface area (Å²) < 4.78 is 0.815. The minimum Gasteiger partial charge on any atom is -0.345 e. The first-order valence-electron chi connectivity index (χ1n) is 5.06. The van der Waals surface area contributed by atoms with Crippen molar-refractivity contribution in [3.63, 3.8) is 0 Å². The maximum absolute atomic E-state index is 11.9. The van der Waals surface area contributed by atoms with Crippen LogP contribution in [-0.4, -0.2) is 21.1 Å². The molecule has 0 spiro atoms. The molecule has 5 nitrogen and oxygen atoms in total. The summed E-state index contributed by atoms with van der Waals surface area (Å²) in [5, 5.41) is 9.16. The van der Waals surface area contributed by atoms with Crippen molar-refractivity contribution < 1.29 is 4.79 Å². The third-order valence-corrected chi connectivity index (χ3v) is 3.37. The first kappa shape index (κ1) is 11.8. The van der Waals surface area contributed by atoms with Gasteiger partial charge in [0.25, 0.3) is 5.91 Å². The molecular formula is C11H11BrN4O. The molecule has 0 unspecified atom stereocenters. The van der Waals surface area contributed by atoms with Crippen LogP contribution in [0, 0.1) is 6.92 Å². The number of nitrogens with zero attached hydrogens (tertiary/aromatic N) is 2. The van der Waals surface area contributed by atoms with Crippen LogP contribution in [0.1, 0.15) is 21.7 Å². The van der Waals surface area contributed by atoms with Gasteiger partial charge in [-0.3, -0.25) is 9.89 Å². The van der Waals surface area contributed by atoms with Crippen molar-refractivity contribution in [2.75, 3.05) is 0 Å². The van der Waals surface area contributed by atoms with Crippen molar-refractivity contribution in [1.82, 2.24) is 20.5 Å². The fraction of sp³-hybridized carbons (Fsp3) is 0.182. The number of hydrogen-bond donors (Lipinski definition) is 2. The van der Waals surface area contributed by atoms with Gasteiger partial charge in [0, 0.05) is 4.47 Å². The Balaban J connectivity index is 2.07. The van der Waals surface area contributed by atoms with Gasteiger partial charge in [-0.05, 0) is 34.5 Å². The fourth-order valence-corrected chi connectivity index (χ4v) is 1.84. The van der Waals surface area contributed by atoms with Crippen LogP contribution in [0.25, 0.3) is 0 Å². The number of nitrogens with one attached hydrogen (secondary N) is 2. The van der Waals surface area contributed by atoms with E-state index in [2.05, 4.69) is 36.4 Å². The number of rotatable bonds is 3. The second kappa shape index (κ2) is 5.09. The Morgan fingerprint density at radius 3 is 3.06 bits per heavy atom. The molecule has 6 heteroatoms. The van der Waals surface area contributed by atoms with Crippen molar-refractivity contribution in [2.45, 2.75) is 13.5 Å². The lowest BCUT2D eigenvalue weighted by atomic mass is 10.1. The quantitative estimate of drug-likeness (QED) is 0.907. The highest BCUT2D eigenvalue weighted by Gasteiger charge is 2.11. The highest BCUT2D eigenvalue weighted by atomic mass is 79.9. The van der Waals surface area contributed by atoms with E-state index in [9.17, 15) is 4.79 Å². The molecule has 0 atom stereocenters. The molecule has 1 amide bonds. The predicted octanol–water partition coefficient (Wildman–Crippen LogP) is 1.81. The number of amides is 1. The number of aromatic nitrogens is 3. The molecule has 1 aromatic heterocycles. The molecule has 17 heavy (non-hydrogen) atoms. The van der Waals surface area contributed by atoms with E-state index in [1.165, 1.54) is 6.33 Å². The molecule has 0 aliphatic rings. The SMILES string of the molecule is Cc1cccc(C(=O)NCc2ncn[nH]2)c1Br. The van der Waals surface area contributed by atoms with Crippen molar-refractivity contribution >= 4 is 21.8 Å². The molecule has 1 aromatic carbocycles. The van der Waals surface area contributed by atoms with E-state index < -0.39 is 0 Å². The zero-order valence-electron chi connectivity index (χ0n) is 9.20. The van der Waals surface area contributed by atoms with Gasteiger partial charge in [-0.25, -0.2) is 4.98 Å². The summed E-state index contributed by atoms with van der Waals surface area (Å²) >= 11 is 3.40. The molecule has 2 aromatic rings. The summed E-state index contributed by atoms with van der Waals surface area (Å²) in [5.74, 6) is 0.485. The Labute approximate surface area is 107 Å². The number of halogens is 1. The van der Waals surface area contributed by atoms with Gasteiger partial charge >= 0.3 is 0 Å². The van der Waals surface area contributed by atoms with Gasteiger partial charge in [-0.1, -0.05) is 12.1 Å². The van der Waals surface area contributed by atoms with E-state index in [-0.39, 0.29) is 5.91 Å². The summed E-state index contributed by atoms with van der Waals surface area (Å²) in [6, 6.07) is 5.56. The number of aryl methyl sites for hydroxylation is 1. The normalized spacial score (nSPS) is 10.2. The van der Waals surface area contributed by atoms with Gasteiger partial charge in [-0.15, -0.1) is 0 Å². The van der Waals surface area contributed by atoms with Gasteiger partial charge in [0.05, 0.1) is 12.1 Å². The number of carbonyl (C=O) groups excluding carboxylic acids is 1. The standard InChI is InChI=1S/C11H11BrN4O/c1-7-3-2-4-8(10(7)12)11(17)13-5-9-14-6-15-16-9/h2-4,6H,5H2,1H3,(H,13,17)(H,14,15,16). The van der Waals surface area contributed by atoms with E-state index in [1.54, 1.807) is 6.07 Å². The van der Waals surface area contributed by atoms with E-state index in [0.29, 0.717) is 17.9 Å². The Morgan fingerprint density at radius 1 is 1.53 bits per heavy atom. The highest BCUT2D eigenvalue weighted by molar-refractivity contribution is 9.10. The largest absolute Gasteiger partial charge is 0.345 e. The molecule has 1 heterocycles. The molecule has 0 bridgehead atoms. The number of benzene rings is 1. The highest BCUT2D eigenvalue weighted by Crippen LogP contribution is 2.20. The Bertz CT molecular complexity index is 524. The summed E-state index contributed by atoms with van der Waals surface area (Å²) in [6.07, 6.45) is 1.41. The second-order valence-electron chi connectivity index (χ2n) is 3.55. The molecule has 0 radical (unpaired) electrons. The average molecular weight is 295 g/mol. The van der Waals surface area contributed by atoms with E-state index in [1.807, 2.05) is 19.1 Å². The van der Waals surface area contributed by atoms with E-state index in [0.717, 1.165) is 10.0 Å². The van der Waals surface area contributed by atoms with Crippen molar-refractivity contribution in [2.24, 2.45) is 0 Å². The maximum Gasteiger partial charge on any atom is 0.252 e. The Kier molecular flexibility index (Phi) is 3.53. The Morgan fingerprint density at radius 2 is 2.35 bits per heavy atom. The van der Waals surface area contributed by atoms with Crippen LogP contribution >= 0.6 is 15.9 Å². The molecule has 0 aliphatic carbocycles. The summed E-state index contributed by atoms with van der Waals surface area (Å²) in [5.41, 5.74) is 1.64. The summed E-state index contributed by atoms with van der Waals surface area (Å²) in [6.45, 7) is 2.27. The van der Waals surface area contributed by atoms with Crippen LogP contribution in [0.4, 0.5) is 0 Å². The maximum atomic E-state index is 11.9. The van der Waals surface area contributed by atoms with Gasteiger partial charge in [0.1, 0.15) is 12.2 Å². The molecule has 2 rings (SSSR count). The number of carbonyl (C=O) groups is 1. The van der Waals surface area contributed by atoms with Crippen LogP contribution < -0.4 is 5.32 Å². The molecule has 0 saturated carbocycles. The number of hydrogen-bond acceptors (Lipinski definition) is 3. The molecule has 0 aliphatic heterocycles. The minimum atomic E-state index is -0.142. The first-order chi connectivity index (χ1) is 8.18. The van der Waals surface area contributed by atoms with Crippen LogP contribution in [0.2, 0.25) is 0 Å². The topological polar surface area (TPSA) is 70.7 Å². The average Bonchev–Trinajstić information content (AvgIpc) is 2.82. The minimum absolute atomic E-state index is 0.142. The lowest BCUT2D eigenvalue weighted by Crippen LogP contribution is -2.23. The zero-order chi connectivity index (χ0) is 12.3. The third kappa shape index (κ3) is 2.71. The summed E-state index contributed by atoms with van der Waals surface area (Å²) in [7, 11) is 0. The van der Waals surface area contributed by atoms with Crippen LogP contribution in [0.5, 0.6) is 0 Å². The monoisotopic (exact) mass is 294 g/mol. The van der Waals surface area contributed by atoms with Gasteiger partial charge in [-0.2, -0.15) is 5.10 Å².